The molecule has 122 valence electrons. The smallest absolute Gasteiger partial charge is 0.347 e. The number of nitrogens with zero attached hydrogens (tertiary/aromatic N) is 1. The van der Waals surface area contributed by atoms with Gasteiger partial charge >= 0.3 is 5.63 Å². The molecular weight excluding hydrogens is 336 g/mol. The second kappa shape index (κ2) is 6.33. The second-order valence-corrected chi connectivity index (χ2v) is 6.20. The zero-order chi connectivity index (χ0) is 17.2. The molecule has 0 fully saturated rings. The SMILES string of the molecule is O=C(C=CNc1scc2c1c(=O)oc1ccccc12)c1cccnc1. The summed E-state index contributed by atoms with van der Waals surface area (Å²) in [6.07, 6.45) is 6.05. The number of hydrogen-bond donors (Lipinski definition) is 1. The van der Waals surface area contributed by atoms with Crippen LogP contribution in [0, 0.1) is 0 Å². The maximum atomic E-state index is 12.3. The number of hydrogen-bond acceptors (Lipinski definition) is 6. The van der Waals surface area contributed by atoms with E-state index in [-0.39, 0.29) is 5.78 Å². The maximum Gasteiger partial charge on any atom is 0.347 e. The van der Waals surface area contributed by atoms with Crippen molar-refractivity contribution in [2.24, 2.45) is 0 Å². The highest BCUT2D eigenvalue weighted by molar-refractivity contribution is 7.16. The molecular formula is C19H12N2O3S. The van der Waals surface area contributed by atoms with Crippen LogP contribution in [0.1, 0.15) is 10.4 Å². The molecule has 0 aliphatic carbocycles. The number of allylic oxidation sites excluding steroid dienone is 1. The van der Waals surface area contributed by atoms with Crippen molar-refractivity contribution >= 4 is 43.9 Å². The standard InChI is InChI=1S/C19H12N2O3S/c22-15(12-4-3-8-20-10-12)7-9-21-18-17-14(11-25-18)13-5-1-2-6-16(13)24-19(17)23/h1-11,21H. The lowest BCUT2D eigenvalue weighted by Gasteiger charge is -2.00. The van der Waals surface area contributed by atoms with Gasteiger partial charge in [0.1, 0.15) is 16.0 Å². The normalized spacial score (nSPS) is 11.4. The molecule has 1 aromatic carbocycles. The van der Waals surface area contributed by atoms with Crippen molar-refractivity contribution in [1.82, 2.24) is 4.98 Å². The van der Waals surface area contributed by atoms with Crippen molar-refractivity contribution in [3.8, 4) is 0 Å². The molecule has 0 radical (unpaired) electrons. The van der Waals surface area contributed by atoms with Crippen molar-refractivity contribution in [2.75, 3.05) is 5.32 Å². The fourth-order valence-corrected chi connectivity index (χ4v) is 3.52. The predicted octanol–water partition coefficient (Wildman–Crippen LogP) is 4.21. The highest BCUT2D eigenvalue weighted by Crippen LogP contribution is 2.33. The third-order valence-corrected chi connectivity index (χ3v) is 4.68. The Morgan fingerprint density at radius 1 is 1.16 bits per heavy atom. The van der Waals surface area contributed by atoms with Crippen molar-refractivity contribution in [3.05, 3.63) is 82.4 Å². The lowest BCUT2D eigenvalue weighted by atomic mass is 10.1. The highest BCUT2D eigenvalue weighted by Gasteiger charge is 2.12. The molecule has 4 aromatic rings. The lowest BCUT2D eigenvalue weighted by molar-refractivity contribution is 0.104. The summed E-state index contributed by atoms with van der Waals surface area (Å²) in [5.41, 5.74) is 0.665. The van der Waals surface area contributed by atoms with Crippen LogP contribution in [-0.4, -0.2) is 10.8 Å². The topological polar surface area (TPSA) is 72.2 Å². The molecule has 6 heteroatoms. The number of aromatic nitrogens is 1. The van der Waals surface area contributed by atoms with E-state index in [9.17, 15) is 9.59 Å². The first-order valence-electron chi connectivity index (χ1n) is 7.54. The van der Waals surface area contributed by atoms with E-state index in [2.05, 4.69) is 10.3 Å². The first-order chi connectivity index (χ1) is 12.2. The molecule has 1 N–H and O–H groups in total. The Morgan fingerprint density at radius 3 is 2.88 bits per heavy atom. The van der Waals surface area contributed by atoms with Gasteiger partial charge in [0.15, 0.2) is 5.78 Å². The summed E-state index contributed by atoms with van der Waals surface area (Å²) in [5.74, 6) is -0.168. The Labute approximate surface area is 146 Å². The Kier molecular flexibility index (Phi) is 3.87. The maximum absolute atomic E-state index is 12.3. The Morgan fingerprint density at radius 2 is 2.04 bits per heavy atom. The van der Waals surface area contributed by atoms with Crippen LogP contribution < -0.4 is 10.9 Å². The Bertz CT molecular complexity index is 1160. The number of fused-ring (bicyclic) bond motifs is 3. The molecule has 4 rings (SSSR count). The van der Waals surface area contributed by atoms with Crippen molar-refractivity contribution in [2.45, 2.75) is 0 Å². The molecule has 0 bridgehead atoms. The van der Waals surface area contributed by atoms with E-state index in [1.807, 2.05) is 23.6 Å². The number of anilines is 1. The second-order valence-electron chi connectivity index (χ2n) is 5.32. The Balaban J connectivity index is 1.67. The zero-order valence-corrected chi connectivity index (χ0v) is 13.7. The van der Waals surface area contributed by atoms with Gasteiger partial charge < -0.3 is 9.73 Å². The number of nitrogens with one attached hydrogen (secondary N) is 1. The van der Waals surface area contributed by atoms with Crippen LogP contribution in [0.3, 0.4) is 0 Å². The van der Waals surface area contributed by atoms with Crippen LogP contribution in [0.15, 0.2) is 75.7 Å². The zero-order valence-electron chi connectivity index (χ0n) is 12.9. The summed E-state index contributed by atoms with van der Waals surface area (Å²) in [6, 6.07) is 10.8. The minimum absolute atomic E-state index is 0.168. The highest BCUT2D eigenvalue weighted by atomic mass is 32.1. The van der Waals surface area contributed by atoms with Crippen LogP contribution in [0.2, 0.25) is 0 Å². The molecule has 0 aliphatic heterocycles. The summed E-state index contributed by atoms with van der Waals surface area (Å²) in [7, 11) is 0. The largest absolute Gasteiger partial charge is 0.422 e. The summed E-state index contributed by atoms with van der Waals surface area (Å²) in [5, 5.41) is 7.78. The van der Waals surface area contributed by atoms with E-state index >= 15 is 0 Å². The summed E-state index contributed by atoms with van der Waals surface area (Å²) < 4.78 is 5.38. The van der Waals surface area contributed by atoms with Gasteiger partial charge in [0, 0.05) is 46.4 Å². The van der Waals surface area contributed by atoms with Crippen LogP contribution >= 0.6 is 11.3 Å². The van der Waals surface area contributed by atoms with Gasteiger partial charge in [0.2, 0.25) is 0 Å². The predicted molar refractivity (Wildman–Crippen MR) is 99.2 cm³/mol. The third-order valence-electron chi connectivity index (χ3n) is 3.77. The van der Waals surface area contributed by atoms with E-state index in [1.54, 1.807) is 24.4 Å². The average molecular weight is 348 g/mol. The third kappa shape index (κ3) is 2.83. The van der Waals surface area contributed by atoms with Gasteiger partial charge in [-0.05, 0) is 18.2 Å². The van der Waals surface area contributed by atoms with Crippen LogP contribution in [0.4, 0.5) is 5.00 Å². The molecule has 5 nitrogen and oxygen atoms in total. The number of carbonyl (C=O) groups excluding carboxylic acids is 1. The lowest BCUT2D eigenvalue weighted by Crippen LogP contribution is -2.01. The molecule has 0 spiro atoms. The number of pyridine rings is 1. The summed E-state index contributed by atoms with van der Waals surface area (Å²) in [6.45, 7) is 0. The number of para-hydroxylation sites is 1. The van der Waals surface area contributed by atoms with Crippen molar-refractivity contribution < 1.29 is 9.21 Å². The molecule has 0 aliphatic rings. The van der Waals surface area contributed by atoms with Crippen molar-refractivity contribution in [1.29, 1.82) is 0 Å². The molecule has 0 amide bonds. The number of rotatable bonds is 4. The van der Waals surface area contributed by atoms with Gasteiger partial charge in [-0.25, -0.2) is 4.79 Å². The van der Waals surface area contributed by atoms with Crippen LogP contribution in [0.25, 0.3) is 21.7 Å². The van der Waals surface area contributed by atoms with E-state index < -0.39 is 5.63 Å². The van der Waals surface area contributed by atoms with Crippen LogP contribution in [0.5, 0.6) is 0 Å². The van der Waals surface area contributed by atoms with Gasteiger partial charge in [0.25, 0.3) is 0 Å². The van der Waals surface area contributed by atoms with Gasteiger partial charge in [-0.2, -0.15) is 0 Å². The first-order valence-corrected chi connectivity index (χ1v) is 8.42. The van der Waals surface area contributed by atoms with Gasteiger partial charge in [-0.3, -0.25) is 9.78 Å². The average Bonchev–Trinajstić information content (AvgIpc) is 3.07. The molecule has 0 saturated carbocycles. The molecule has 3 aromatic heterocycles. The quantitative estimate of drug-likeness (QED) is 0.340. The van der Waals surface area contributed by atoms with E-state index in [0.717, 1.165) is 10.8 Å². The molecule has 0 unspecified atom stereocenters. The van der Waals surface area contributed by atoms with E-state index in [1.165, 1.54) is 29.8 Å². The summed E-state index contributed by atoms with van der Waals surface area (Å²) >= 11 is 1.39. The number of thiophene rings is 1. The molecule has 0 atom stereocenters. The summed E-state index contributed by atoms with van der Waals surface area (Å²) in [4.78, 5) is 28.2. The van der Waals surface area contributed by atoms with Gasteiger partial charge in [0.05, 0.1) is 0 Å². The van der Waals surface area contributed by atoms with Crippen molar-refractivity contribution in [3.63, 3.8) is 0 Å². The molecule has 3 heterocycles. The van der Waals surface area contributed by atoms with Gasteiger partial charge in [-0.1, -0.05) is 18.2 Å². The fourth-order valence-electron chi connectivity index (χ4n) is 2.59. The fraction of sp³-hybridized carbons (Fsp3) is 0. The van der Waals surface area contributed by atoms with Gasteiger partial charge in [-0.15, -0.1) is 11.3 Å². The molecule has 0 saturated heterocycles. The minimum atomic E-state index is -0.399. The number of ketones is 1. The molecule has 25 heavy (non-hydrogen) atoms. The van der Waals surface area contributed by atoms with E-state index in [0.29, 0.717) is 21.5 Å². The van der Waals surface area contributed by atoms with E-state index in [4.69, 9.17) is 4.42 Å². The first kappa shape index (κ1) is 15.3. The minimum Gasteiger partial charge on any atom is -0.422 e. The number of carbonyl (C=O) groups is 1. The monoisotopic (exact) mass is 348 g/mol. The van der Waals surface area contributed by atoms with Crippen LogP contribution in [-0.2, 0) is 0 Å². The number of benzene rings is 1. The Hall–Kier alpha value is -3.25.